The minimum Gasteiger partial charge on any atom is -0.481 e. The van der Waals surface area contributed by atoms with Crippen molar-refractivity contribution in [2.45, 2.75) is 26.7 Å². The molecule has 0 aliphatic carbocycles. The van der Waals surface area contributed by atoms with Crippen molar-refractivity contribution in [3.8, 4) is 0 Å². The lowest BCUT2D eigenvalue weighted by Gasteiger charge is -2.19. The number of urea groups is 1. The fourth-order valence-corrected chi connectivity index (χ4v) is 1.13. The maximum atomic E-state index is 11.4. The molecule has 0 saturated heterocycles. The molecule has 0 aliphatic heterocycles. The van der Waals surface area contributed by atoms with Crippen LogP contribution in [0.2, 0.25) is 0 Å². The minimum atomic E-state index is -1.06. The Morgan fingerprint density at radius 3 is 2.25 bits per heavy atom. The van der Waals surface area contributed by atoms with E-state index < -0.39 is 17.9 Å². The summed E-state index contributed by atoms with van der Waals surface area (Å²) in [5, 5.41) is 10.5. The second-order valence-corrected chi connectivity index (χ2v) is 4.02. The van der Waals surface area contributed by atoms with E-state index in [4.69, 9.17) is 5.11 Å². The highest BCUT2D eigenvalue weighted by Gasteiger charge is 2.13. The van der Waals surface area contributed by atoms with Crippen LogP contribution in [0, 0.1) is 5.92 Å². The first-order valence-electron chi connectivity index (χ1n) is 5.09. The van der Waals surface area contributed by atoms with Gasteiger partial charge in [0.15, 0.2) is 0 Å². The maximum absolute atomic E-state index is 11.4. The van der Waals surface area contributed by atoms with Crippen LogP contribution in [0.5, 0.6) is 0 Å². The van der Waals surface area contributed by atoms with Gasteiger partial charge in [0.05, 0.1) is 6.42 Å². The van der Waals surface area contributed by atoms with Crippen LogP contribution < -0.4 is 5.32 Å². The average Bonchev–Trinajstić information content (AvgIpc) is 2.13. The molecule has 0 heterocycles. The highest BCUT2D eigenvalue weighted by molar-refractivity contribution is 5.95. The molecule has 3 amide bonds. The number of imide groups is 1. The molecule has 16 heavy (non-hydrogen) atoms. The lowest BCUT2D eigenvalue weighted by Crippen LogP contribution is -2.42. The summed E-state index contributed by atoms with van der Waals surface area (Å²) in [4.78, 5) is 34.1. The van der Waals surface area contributed by atoms with Crippen LogP contribution in [-0.4, -0.2) is 41.5 Å². The first-order valence-corrected chi connectivity index (χ1v) is 5.09. The van der Waals surface area contributed by atoms with Gasteiger partial charge in [-0.05, 0) is 5.92 Å². The van der Waals surface area contributed by atoms with Gasteiger partial charge in [-0.3, -0.25) is 14.9 Å². The highest BCUT2D eigenvalue weighted by Crippen LogP contribution is 1.96. The normalized spacial score (nSPS) is 10.0. The van der Waals surface area contributed by atoms with Crippen molar-refractivity contribution >= 4 is 17.9 Å². The van der Waals surface area contributed by atoms with Crippen LogP contribution >= 0.6 is 0 Å². The molecule has 0 aromatic heterocycles. The zero-order valence-electron chi connectivity index (χ0n) is 9.82. The molecule has 0 saturated carbocycles. The lowest BCUT2D eigenvalue weighted by atomic mass is 10.2. The van der Waals surface area contributed by atoms with Crippen LogP contribution in [0.1, 0.15) is 26.7 Å². The Hall–Kier alpha value is -1.59. The maximum Gasteiger partial charge on any atom is 0.323 e. The van der Waals surface area contributed by atoms with E-state index in [1.54, 1.807) is 7.05 Å². The molecule has 0 fully saturated rings. The van der Waals surface area contributed by atoms with Crippen molar-refractivity contribution < 1.29 is 19.5 Å². The Morgan fingerprint density at radius 1 is 1.25 bits per heavy atom. The SMILES string of the molecule is CC(C)CN(C)C(=O)NC(=O)CCC(=O)O. The molecule has 0 unspecified atom stereocenters. The number of nitrogens with zero attached hydrogens (tertiary/aromatic N) is 1. The van der Waals surface area contributed by atoms with Gasteiger partial charge < -0.3 is 10.0 Å². The van der Waals surface area contributed by atoms with Gasteiger partial charge >= 0.3 is 12.0 Å². The zero-order valence-corrected chi connectivity index (χ0v) is 9.82. The molecule has 0 aromatic rings. The summed E-state index contributed by atoms with van der Waals surface area (Å²) in [6.07, 6.45) is -0.455. The van der Waals surface area contributed by atoms with E-state index >= 15 is 0 Å². The first-order chi connectivity index (χ1) is 7.32. The Morgan fingerprint density at radius 2 is 1.81 bits per heavy atom. The number of amides is 3. The molecule has 0 radical (unpaired) electrons. The van der Waals surface area contributed by atoms with E-state index in [0.717, 1.165) is 0 Å². The van der Waals surface area contributed by atoms with Gasteiger partial charge in [-0.2, -0.15) is 0 Å². The number of hydrogen-bond donors (Lipinski definition) is 2. The molecule has 6 heteroatoms. The third-order valence-corrected chi connectivity index (χ3v) is 1.80. The van der Waals surface area contributed by atoms with Crippen LogP contribution in [0.25, 0.3) is 0 Å². The predicted octanol–water partition coefficient (Wildman–Crippen LogP) is 0.675. The molecule has 6 nitrogen and oxygen atoms in total. The van der Waals surface area contributed by atoms with E-state index in [2.05, 4.69) is 5.32 Å². The summed E-state index contributed by atoms with van der Waals surface area (Å²) in [7, 11) is 1.58. The standard InChI is InChI=1S/C10H18N2O4/c1-7(2)6-12(3)10(16)11-8(13)4-5-9(14)15/h7H,4-6H2,1-3H3,(H,14,15)(H,11,13,16). The van der Waals surface area contributed by atoms with Gasteiger partial charge in [-0.15, -0.1) is 0 Å². The molecule has 0 aliphatic rings. The van der Waals surface area contributed by atoms with Crippen LogP contribution in [0.3, 0.4) is 0 Å². The van der Waals surface area contributed by atoms with Gasteiger partial charge in [-0.25, -0.2) is 4.79 Å². The smallest absolute Gasteiger partial charge is 0.323 e. The van der Waals surface area contributed by atoms with E-state index in [1.807, 2.05) is 13.8 Å². The summed E-state index contributed by atoms with van der Waals surface area (Å²) >= 11 is 0. The molecule has 2 N–H and O–H groups in total. The van der Waals surface area contributed by atoms with E-state index in [1.165, 1.54) is 4.90 Å². The zero-order chi connectivity index (χ0) is 12.7. The summed E-state index contributed by atoms with van der Waals surface area (Å²) < 4.78 is 0. The van der Waals surface area contributed by atoms with Crippen LogP contribution in [-0.2, 0) is 9.59 Å². The number of carboxylic acid groups (broad SMARTS) is 1. The third-order valence-electron chi connectivity index (χ3n) is 1.80. The molecular weight excluding hydrogens is 212 g/mol. The second-order valence-electron chi connectivity index (χ2n) is 4.02. The number of carbonyl (C=O) groups is 3. The Balaban J connectivity index is 3.94. The summed E-state index contributed by atoms with van der Waals surface area (Å²) in [6, 6.07) is -0.496. The summed E-state index contributed by atoms with van der Waals surface area (Å²) in [6.45, 7) is 4.45. The molecule has 0 aromatic carbocycles. The molecule has 0 bridgehead atoms. The van der Waals surface area contributed by atoms with Crippen molar-refractivity contribution in [1.29, 1.82) is 0 Å². The monoisotopic (exact) mass is 230 g/mol. The summed E-state index contributed by atoms with van der Waals surface area (Å²) in [5.41, 5.74) is 0. The molecular formula is C10H18N2O4. The number of carbonyl (C=O) groups excluding carboxylic acids is 2. The number of nitrogens with one attached hydrogen (secondary N) is 1. The lowest BCUT2D eigenvalue weighted by molar-refractivity contribution is -0.138. The van der Waals surface area contributed by atoms with Crippen molar-refractivity contribution in [2.24, 2.45) is 5.92 Å². The van der Waals surface area contributed by atoms with Gasteiger partial charge in [-0.1, -0.05) is 13.8 Å². The van der Waals surface area contributed by atoms with Gasteiger partial charge in [0.25, 0.3) is 0 Å². The number of rotatable bonds is 5. The van der Waals surface area contributed by atoms with Gasteiger partial charge in [0.2, 0.25) is 5.91 Å². The molecule has 0 spiro atoms. The first kappa shape index (κ1) is 14.4. The second kappa shape index (κ2) is 6.81. The Kier molecular flexibility index (Phi) is 6.14. The topological polar surface area (TPSA) is 86.7 Å². The Labute approximate surface area is 94.6 Å². The van der Waals surface area contributed by atoms with E-state index in [9.17, 15) is 14.4 Å². The van der Waals surface area contributed by atoms with E-state index in [0.29, 0.717) is 12.5 Å². The van der Waals surface area contributed by atoms with Crippen LogP contribution in [0.4, 0.5) is 4.79 Å². The fourth-order valence-electron chi connectivity index (χ4n) is 1.13. The third kappa shape index (κ3) is 6.80. The predicted molar refractivity (Wildman–Crippen MR) is 57.9 cm³/mol. The largest absolute Gasteiger partial charge is 0.481 e. The number of hydrogen-bond acceptors (Lipinski definition) is 3. The van der Waals surface area contributed by atoms with E-state index in [-0.39, 0.29) is 12.8 Å². The Bertz CT molecular complexity index is 276. The number of aliphatic carboxylic acids is 1. The quantitative estimate of drug-likeness (QED) is 0.727. The fraction of sp³-hybridized carbons (Fsp3) is 0.700. The molecule has 92 valence electrons. The van der Waals surface area contributed by atoms with Crippen molar-refractivity contribution in [2.75, 3.05) is 13.6 Å². The number of carboxylic acids is 1. The average molecular weight is 230 g/mol. The molecule has 0 atom stereocenters. The van der Waals surface area contributed by atoms with Gasteiger partial charge in [0.1, 0.15) is 0 Å². The van der Waals surface area contributed by atoms with Crippen molar-refractivity contribution in [3.63, 3.8) is 0 Å². The summed E-state index contributed by atoms with van der Waals surface area (Å²) in [5.74, 6) is -1.31. The van der Waals surface area contributed by atoms with Crippen molar-refractivity contribution in [3.05, 3.63) is 0 Å². The van der Waals surface area contributed by atoms with Crippen LogP contribution in [0.15, 0.2) is 0 Å². The minimum absolute atomic E-state index is 0.184. The van der Waals surface area contributed by atoms with Gasteiger partial charge in [0, 0.05) is 20.0 Å². The molecule has 0 rings (SSSR count). The van der Waals surface area contributed by atoms with Crippen molar-refractivity contribution in [1.82, 2.24) is 10.2 Å². The highest BCUT2D eigenvalue weighted by atomic mass is 16.4.